The van der Waals surface area contributed by atoms with Crippen LogP contribution < -0.4 is 0 Å². The van der Waals surface area contributed by atoms with Crippen LogP contribution in [-0.2, 0) is 0 Å². The quantitative estimate of drug-likeness (QED) is 0.346. The van der Waals surface area contributed by atoms with E-state index in [2.05, 4.69) is 30.9 Å². The maximum absolute atomic E-state index is 8.01. The van der Waals surface area contributed by atoms with Crippen LogP contribution in [0.2, 0.25) is 0 Å². The largest absolute Gasteiger partial charge is 0.242 e. The standard InChI is InChI=1S/C8H7BrN4/c9-8-5-1-3-7(12-8)4-2-6-11-13-10/h1-5H,6H2. The third-order valence-electron chi connectivity index (χ3n) is 1.28. The molecule has 0 saturated heterocycles. The average molecular weight is 239 g/mol. The van der Waals surface area contributed by atoms with Gasteiger partial charge in [0.2, 0.25) is 0 Å². The lowest BCUT2D eigenvalue weighted by atomic mass is 10.3. The van der Waals surface area contributed by atoms with Crippen LogP contribution in [0.25, 0.3) is 16.5 Å². The predicted octanol–water partition coefficient (Wildman–Crippen LogP) is 3.17. The van der Waals surface area contributed by atoms with Gasteiger partial charge in [-0.25, -0.2) is 4.98 Å². The summed E-state index contributed by atoms with van der Waals surface area (Å²) in [4.78, 5) is 6.79. The van der Waals surface area contributed by atoms with Gasteiger partial charge < -0.3 is 0 Å². The summed E-state index contributed by atoms with van der Waals surface area (Å²) in [6.07, 6.45) is 3.56. The SMILES string of the molecule is [N-]=[N+]=NCC=Cc1cccc(Br)n1. The highest BCUT2D eigenvalue weighted by Gasteiger charge is 1.88. The first kappa shape index (κ1) is 9.77. The molecule has 0 aliphatic heterocycles. The Kier molecular flexibility index (Phi) is 4.02. The highest BCUT2D eigenvalue weighted by atomic mass is 79.9. The summed E-state index contributed by atoms with van der Waals surface area (Å²) in [5, 5.41) is 3.36. The van der Waals surface area contributed by atoms with E-state index in [1.807, 2.05) is 18.2 Å². The zero-order chi connectivity index (χ0) is 9.52. The van der Waals surface area contributed by atoms with Crippen molar-refractivity contribution in [3.63, 3.8) is 0 Å². The first-order chi connectivity index (χ1) is 6.33. The van der Waals surface area contributed by atoms with Crippen molar-refractivity contribution in [2.24, 2.45) is 5.11 Å². The van der Waals surface area contributed by atoms with Gasteiger partial charge in [0.25, 0.3) is 0 Å². The van der Waals surface area contributed by atoms with Crippen LogP contribution in [0.15, 0.2) is 34.0 Å². The molecule has 0 atom stereocenters. The fourth-order valence-electron chi connectivity index (χ4n) is 0.774. The Hall–Kier alpha value is -1.32. The molecule has 1 aromatic heterocycles. The lowest BCUT2D eigenvalue weighted by Crippen LogP contribution is -1.80. The number of rotatable bonds is 3. The maximum atomic E-state index is 8.01. The molecular weight excluding hydrogens is 232 g/mol. The van der Waals surface area contributed by atoms with Crippen LogP contribution in [0, 0.1) is 0 Å². The molecule has 5 heteroatoms. The van der Waals surface area contributed by atoms with Gasteiger partial charge in [0.1, 0.15) is 4.60 Å². The number of azide groups is 1. The lowest BCUT2D eigenvalue weighted by Gasteiger charge is -1.91. The van der Waals surface area contributed by atoms with Crippen LogP contribution in [0.1, 0.15) is 5.69 Å². The van der Waals surface area contributed by atoms with Crippen LogP contribution in [0.3, 0.4) is 0 Å². The molecule has 13 heavy (non-hydrogen) atoms. The van der Waals surface area contributed by atoms with Crippen molar-refractivity contribution in [3.8, 4) is 0 Å². The van der Waals surface area contributed by atoms with Gasteiger partial charge in [-0.15, -0.1) is 0 Å². The third kappa shape index (κ3) is 3.73. The predicted molar refractivity (Wildman–Crippen MR) is 55.0 cm³/mol. The summed E-state index contributed by atoms with van der Waals surface area (Å²) in [6, 6.07) is 5.62. The molecule has 0 bridgehead atoms. The van der Waals surface area contributed by atoms with Crippen LogP contribution in [0.4, 0.5) is 0 Å². The molecule has 4 nitrogen and oxygen atoms in total. The summed E-state index contributed by atoms with van der Waals surface area (Å²) in [6.45, 7) is 0.352. The summed E-state index contributed by atoms with van der Waals surface area (Å²) >= 11 is 3.26. The number of hydrogen-bond acceptors (Lipinski definition) is 2. The van der Waals surface area contributed by atoms with Crippen molar-refractivity contribution in [1.82, 2.24) is 4.98 Å². The van der Waals surface area contributed by atoms with E-state index in [9.17, 15) is 0 Å². The molecule has 1 heterocycles. The monoisotopic (exact) mass is 238 g/mol. The van der Waals surface area contributed by atoms with Gasteiger partial charge in [0.15, 0.2) is 0 Å². The normalized spacial score (nSPS) is 9.92. The molecule has 0 N–H and O–H groups in total. The first-order valence-corrected chi connectivity index (χ1v) is 4.42. The molecular formula is C8H7BrN4. The molecule has 0 aliphatic rings. The van der Waals surface area contributed by atoms with Gasteiger partial charge in [0.05, 0.1) is 5.69 Å². The first-order valence-electron chi connectivity index (χ1n) is 3.63. The molecule has 1 rings (SSSR count). The number of halogens is 1. The van der Waals surface area contributed by atoms with E-state index in [0.717, 1.165) is 10.3 Å². The molecule has 0 aromatic carbocycles. The number of aromatic nitrogens is 1. The van der Waals surface area contributed by atoms with E-state index in [1.54, 1.807) is 12.2 Å². The minimum atomic E-state index is 0.352. The molecule has 0 spiro atoms. The molecule has 66 valence electrons. The van der Waals surface area contributed by atoms with Crippen LogP contribution >= 0.6 is 15.9 Å². The smallest absolute Gasteiger partial charge is 0.106 e. The van der Waals surface area contributed by atoms with E-state index in [1.165, 1.54) is 0 Å². The Morgan fingerprint density at radius 1 is 1.62 bits per heavy atom. The van der Waals surface area contributed by atoms with E-state index in [-0.39, 0.29) is 0 Å². The maximum Gasteiger partial charge on any atom is 0.106 e. The lowest BCUT2D eigenvalue weighted by molar-refractivity contribution is 1.21. The minimum absolute atomic E-state index is 0.352. The summed E-state index contributed by atoms with van der Waals surface area (Å²) in [7, 11) is 0. The van der Waals surface area contributed by atoms with Crippen molar-refractivity contribution in [1.29, 1.82) is 0 Å². The Morgan fingerprint density at radius 3 is 3.15 bits per heavy atom. The average Bonchev–Trinajstić information content (AvgIpc) is 2.13. The van der Waals surface area contributed by atoms with Crippen molar-refractivity contribution < 1.29 is 0 Å². The second kappa shape index (κ2) is 5.35. The summed E-state index contributed by atoms with van der Waals surface area (Å²) < 4.78 is 0.790. The zero-order valence-electron chi connectivity index (χ0n) is 6.76. The highest BCUT2D eigenvalue weighted by molar-refractivity contribution is 9.10. The number of nitrogens with zero attached hydrogens (tertiary/aromatic N) is 4. The topological polar surface area (TPSA) is 61.7 Å². The number of pyridine rings is 1. The van der Waals surface area contributed by atoms with E-state index < -0.39 is 0 Å². The Labute approximate surface area is 84.1 Å². The zero-order valence-corrected chi connectivity index (χ0v) is 8.35. The van der Waals surface area contributed by atoms with Gasteiger partial charge in [-0.3, -0.25) is 0 Å². The third-order valence-corrected chi connectivity index (χ3v) is 1.72. The molecule has 0 saturated carbocycles. The molecule has 0 unspecified atom stereocenters. The number of hydrogen-bond donors (Lipinski definition) is 0. The van der Waals surface area contributed by atoms with Crippen LogP contribution in [0.5, 0.6) is 0 Å². The van der Waals surface area contributed by atoms with Crippen molar-refractivity contribution in [2.45, 2.75) is 0 Å². The molecule has 0 aliphatic carbocycles. The van der Waals surface area contributed by atoms with Crippen molar-refractivity contribution in [3.05, 3.63) is 45.0 Å². The summed E-state index contributed by atoms with van der Waals surface area (Å²) in [5.41, 5.74) is 8.84. The molecule has 0 radical (unpaired) electrons. The van der Waals surface area contributed by atoms with Gasteiger partial charge in [-0.2, -0.15) is 0 Å². The molecule has 0 amide bonds. The van der Waals surface area contributed by atoms with Crippen molar-refractivity contribution in [2.75, 3.05) is 6.54 Å². The fraction of sp³-hybridized carbons (Fsp3) is 0.125. The minimum Gasteiger partial charge on any atom is -0.242 e. The Morgan fingerprint density at radius 2 is 2.46 bits per heavy atom. The van der Waals surface area contributed by atoms with E-state index in [4.69, 9.17) is 5.53 Å². The van der Waals surface area contributed by atoms with Gasteiger partial charge in [-0.05, 0) is 39.7 Å². The molecule has 0 fully saturated rings. The van der Waals surface area contributed by atoms with Gasteiger partial charge in [0, 0.05) is 11.5 Å². The second-order valence-corrected chi connectivity index (χ2v) is 3.01. The van der Waals surface area contributed by atoms with E-state index >= 15 is 0 Å². The summed E-state index contributed by atoms with van der Waals surface area (Å²) in [5.74, 6) is 0. The highest BCUT2D eigenvalue weighted by Crippen LogP contribution is 2.07. The fourth-order valence-corrected chi connectivity index (χ4v) is 1.13. The van der Waals surface area contributed by atoms with Gasteiger partial charge in [-0.1, -0.05) is 17.3 Å². The van der Waals surface area contributed by atoms with E-state index in [0.29, 0.717) is 6.54 Å². The Bertz CT molecular complexity index is 355. The second-order valence-electron chi connectivity index (χ2n) is 2.20. The van der Waals surface area contributed by atoms with Crippen LogP contribution in [-0.4, -0.2) is 11.5 Å². The Balaban J connectivity index is 2.63. The molecule has 1 aromatic rings. The van der Waals surface area contributed by atoms with Gasteiger partial charge >= 0.3 is 0 Å². The van der Waals surface area contributed by atoms with Crippen molar-refractivity contribution >= 4 is 22.0 Å².